The third-order valence-corrected chi connectivity index (χ3v) is 2.80. The number of amides is 1. The summed E-state index contributed by atoms with van der Waals surface area (Å²) >= 11 is 5.58. The number of rotatable bonds is 3. The molecule has 0 bridgehead atoms. The van der Waals surface area contributed by atoms with Gasteiger partial charge in [-0.25, -0.2) is 0 Å². The van der Waals surface area contributed by atoms with Gasteiger partial charge in [0, 0.05) is 6.42 Å². The Kier molecular flexibility index (Phi) is 3.16. The van der Waals surface area contributed by atoms with Crippen LogP contribution in [-0.4, -0.2) is 16.1 Å². The summed E-state index contributed by atoms with van der Waals surface area (Å²) in [6, 6.07) is 3.25. The van der Waals surface area contributed by atoms with Crippen LogP contribution in [0.25, 0.3) is 0 Å². The molecule has 1 aromatic heterocycles. The van der Waals surface area contributed by atoms with E-state index < -0.39 is 0 Å². The molecule has 1 aliphatic rings. The molecule has 1 heterocycles. The van der Waals surface area contributed by atoms with Gasteiger partial charge < -0.3 is 5.32 Å². The number of aromatic nitrogens is 2. The minimum atomic E-state index is 0.0105. The SMILES string of the molecule is O=C(CC1CCC1)Nc1ccc(Cl)nn1. The molecule has 80 valence electrons. The molecule has 0 aromatic carbocycles. The van der Waals surface area contributed by atoms with Crippen LogP contribution in [0.4, 0.5) is 5.82 Å². The monoisotopic (exact) mass is 225 g/mol. The molecule has 1 amide bonds. The first kappa shape index (κ1) is 10.4. The molecular formula is C10H12ClN3O. The number of carbonyl (C=O) groups excluding carboxylic acids is 1. The van der Waals surface area contributed by atoms with Crippen molar-refractivity contribution in [2.75, 3.05) is 5.32 Å². The Morgan fingerprint density at radius 1 is 1.47 bits per heavy atom. The fourth-order valence-electron chi connectivity index (χ4n) is 1.54. The van der Waals surface area contributed by atoms with Crippen molar-refractivity contribution in [2.24, 2.45) is 5.92 Å². The molecule has 1 fully saturated rings. The van der Waals surface area contributed by atoms with Crippen molar-refractivity contribution in [3.8, 4) is 0 Å². The lowest BCUT2D eigenvalue weighted by molar-refractivity contribution is -0.117. The van der Waals surface area contributed by atoms with Gasteiger partial charge in [0.2, 0.25) is 5.91 Å². The summed E-state index contributed by atoms with van der Waals surface area (Å²) in [7, 11) is 0. The number of anilines is 1. The zero-order valence-corrected chi connectivity index (χ0v) is 9.00. The van der Waals surface area contributed by atoms with Crippen LogP contribution in [0.1, 0.15) is 25.7 Å². The third-order valence-electron chi connectivity index (χ3n) is 2.60. The van der Waals surface area contributed by atoms with Gasteiger partial charge in [-0.3, -0.25) is 4.79 Å². The first-order valence-electron chi connectivity index (χ1n) is 5.03. The molecule has 1 saturated carbocycles. The van der Waals surface area contributed by atoms with Crippen LogP contribution >= 0.6 is 11.6 Å². The molecule has 0 saturated heterocycles. The minimum absolute atomic E-state index is 0.0105. The van der Waals surface area contributed by atoms with E-state index >= 15 is 0 Å². The summed E-state index contributed by atoms with van der Waals surface area (Å²) in [5, 5.41) is 10.4. The highest BCUT2D eigenvalue weighted by molar-refractivity contribution is 6.29. The van der Waals surface area contributed by atoms with Gasteiger partial charge in [-0.2, -0.15) is 0 Å². The van der Waals surface area contributed by atoms with Gasteiger partial charge in [0.25, 0.3) is 0 Å². The summed E-state index contributed by atoms with van der Waals surface area (Å²) in [6.07, 6.45) is 4.17. The summed E-state index contributed by atoms with van der Waals surface area (Å²) in [4.78, 5) is 11.5. The van der Waals surface area contributed by atoms with E-state index in [1.165, 1.54) is 19.3 Å². The second kappa shape index (κ2) is 4.57. The molecule has 1 aromatic rings. The van der Waals surface area contributed by atoms with Gasteiger partial charge >= 0.3 is 0 Å². The van der Waals surface area contributed by atoms with Crippen molar-refractivity contribution in [1.29, 1.82) is 0 Å². The van der Waals surface area contributed by atoms with Crippen LogP contribution in [0.5, 0.6) is 0 Å². The maximum absolute atomic E-state index is 11.5. The van der Waals surface area contributed by atoms with Crippen LogP contribution in [0.3, 0.4) is 0 Å². The number of nitrogens with zero attached hydrogens (tertiary/aromatic N) is 2. The number of halogens is 1. The van der Waals surface area contributed by atoms with Crippen LogP contribution < -0.4 is 5.32 Å². The van der Waals surface area contributed by atoms with E-state index in [4.69, 9.17) is 11.6 Å². The molecule has 1 N–H and O–H groups in total. The molecule has 0 spiro atoms. The average Bonchev–Trinajstić information content (AvgIpc) is 2.16. The highest BCUT2D eigenvalue weighted by Crippen LogP contribution is 2.29. The Morgan fingerprint density at radius 3 is 2.80 bits per heavy atom. The van der Waals surface area contributed by atoms with E-state index in [1.54, 1.807) is 12.1 Å². The van der Waals surface area contributed by atoms with Gasteiger partial charge in [0.1, 0.15) is 0 Å². The maximum atomic E-state index is 11.5. The zero-order chi connectivity index (χ0) is 10.7. The van der Waals surface area contributed by atoms with Crippen molar-refractivity contribution in [2.45, 2.75) is 25.7 Å². The zero-order valence-electron chi connectivity index (χ0n) is 8.24. The highest BCUT2D eigenvalue weighted by atomic mass is 35.5. The largest absolute Gasteiger partial charge is 0.309 e. The number of hydrogen-bond donors (Lipinski definition) is 1. The third kappa shape index (κ3) is 2.89. The lowest BCUT2D eigenvalue weighted by Gasteiger charge is -2.24. The molecule has 0 radical (unpaired) electrons. The van der Waals surface area contributed by atoms with Crippen molar-refractivity contribution >= 4 is 23.3 Å². The molecular weight excluding hydrogens is 214 g/mol. The fourth-order valence-corrected chi connectivity index (χ4v) is 1.64. The molecule has 0 unspecified atom stereocenters. The Morgan fingerprint density at radius 2 is 2.27 bits per heavy atom. The summed E-state index contributed by atoms with van der Waals surface area (Å²) < 4.78 is 0. The predicted molar refractivity (Wildman–Crippen MR) is 57.6 cm³/mol. The highest BCUT2D eigenvalue weighted by Gasteiger charge is 2.20. The van der Waals surface area contributed by atoms with Gasteiger partial charge in [-0.1, -0.05) is 18.0 Å². The van der Waals surface area contributed by atoms with E-state index in [9.17, 15) is 4.79 Å². The molecule has 2 rings (SSSR count). The molecule has 5 heteroatoms. The lowest BCUT2D eigenvalue weighted by atomic mass is 9.83. The van der Waals surface area contributed by atoms with Gasteiger partial charge in [0.15, 0.2) is 11.0 Å². The molecule has 15 heavy (non-hydrogen) atoms. The number of nitrogens with one attached hydrogen (secondary N) is 1. The van der Waals surface area contributed by atoms with E-state index in [0.717, 1.165) is 0 Å². The summed E-state index contributed by atoms with van der Waals surface area (Å²) in [5.74, 6) is 1.03. The molecule has 0 atom stereocenters. The van der Waals surface area contributed by atoms with Gasteiger partial charge in [-0.05, 0) is 30.9 Å². The Balaban J connectivity index is 1.84. The van der Waals surface area contributed by atoms with Crippen molar-refractivity contribution in [1.82, 2.24) is 10.2 Å². The first-order chi connectivity index (χ1) is 7.24. The quantitative estimate of drug-likeness (QED) is 0.859. The molecule has 4 nitrogen and oxygen atoms in total. The minimum Gasteiger partial charge on any atom is -0.309 e. The van der Waals surface area contributed by atoms with Gasteiger partial charge in [0.05, 0.1) is 0 Å². The summed E-state index contributed by atoms with van der Waals surface area (Å²) in [6.45, 7) is 0. The number of hydrogen-bond acceptors (Lipinski definition) is 3. The van der Waals surface area contributed by atoms with E-state index in [0.29, 0.717) is 23.3 Å². The Hall–Kier alpha value is -1.16. The standard InChI is InChI=1S/C10H12ClN3O/c11-8-4-5-9(14-13-8)12-10(15)6-7-2-1-3-7/h4-5,7H,1-3,6H2,(H,12,14,15). The second-order valence-corrected chi connectivity index (χ2v) is 4.18. The van der Waals surface area contributed by atoms with E-state index in [2.05, 4.69) is 15.5 Å². The molecule has 0 aliphatic heterocycles. The normalized spacial score (nSPS) is 15.8. The van der Waals surface area contributed by atoms with Crippen molar-refractivity contribution < 1.29 is 4.79 Å². The van der Waals surface area contributed by atoms with Crippen molar-refractivity contribution in [3.05, 3.63) is 17.3 Å². The van der Waals surface area contributed by atoms with Gasteiger partial charge in [-0.15, -0.1) is 10.2 Å². The van der Waals surface area contributed by atoms with Crippen LogP contribution in [-0.2, 0) is 4.79 Å². The van der Waals surface area contributed by atoms with Crippen molar-refractivity contribution in [3.63, 3.8) is 0 Å². The van der Waals surface area contributed by atoms with E-state index in [-0.39, 0.29) is 5.91 Å². The Labute approximate surface area is 93.0 Å². The lowest BCUT2D eigenvalue weighted by Crippen LogP contribution is -2.21. The molecule has 1 aliphatic carbocycles. The number of carbonyl (C=O) groups is 1. The topological polar surface area (TPSA) is 54.9 Å². The van der Waals surface area contributed by atoms with Crippen LogP contribution in [0.2, 0.25) is 5.15 Å². The van der Waals surface area contributed by atoms with Crippen LogP contribution in [0, 0.1) is 5.92 Å². The average molecular weight is 226 g/mol. The smallest absolute Gasteiger partial charge is 0.225 e. The second-order valence-electron chi connectivity index (χ2n) is 3.79. The first-order valence-corrected chi connectivity index (χ1v) is 5.41. The predicted octanol–water partition coefficient (Wildman–Crippen LogP) is 2.26. The fraction of sp³-hybridized carbons (Fsp3) is 0.500. The van der Waals surface area contributed by atoms with Crippen LogP contribution in [0.15, 0.2) is 12.1 Å². The van der Waals surface area contributed by atoms with E-state index in [1.807, 2.05) is 0 Å². The Bertz CT molecular complexity index is 348. The summed E-state index contributed by atoms with van der Waals surface area (Å²) in [5.41, 5.74) is 0. The maximum Gasteiger partial charge on any atom is 0.225 e.